The van der Waals surface area contributed by atoms with E-state index in [-0.39, 0.29) is 18.2 Å². The molecular formula is C22H31NO3. The van der Waals surface area contributed by atoms with Crippen LogP contribution in [0.5, 0.6) is 0 Å². The highest BCUT2D eigenvalue weighted by atomic mass is 16.6. The number of carbonyl (C=O) groups is 1. The summed E-state index contributed by atoms with van der Waals surface area (Å²) in [6, 6.07) is 10.1. The predicted octanol–water partition coefficient (Wildman–Crippen LogP) is 4.65. The molecule has 3 fully saturated rings. The maximum Gasteiger partial charge on any atom is 0.410 e. The van der Waals surface area contributed by atoms with E-state index in [2.05, 4.69) is 0 Å². The molecule has 1 N–H and O–H groups in total. The summed E-state index contributed by atoms with van der Waals surface area (Å²) >= 11 is 0. The molecule has 4 rings (SSSR count). The largest absolute Gasteiger partial charge is 0.445 e. The summed E-state index contributed by atoms with van der Waals surface area (Å²) < 4.78 is 5.59. The average Bonchev–Trinajstić information content (AvgIpc) is 2.85. The first-order chi connectivity index (χ1) is 12.7. The highest BCUT2D eigenvalue weighted by Gasteiger charge is 2.52. The van der Waals surface area contributed by atoms with Gasteiger partial charge in [0.25, 0.3) is 0 Å². The van der Waals surface area contributed by atoms with E-state index >= 15 is 0 Å². The number of ether oxygens (including phenoxy) is 1. The lowest BCUT2D eigenvalue weighted by molar-refractivity contribution is -0.0909. The number of nitrogens with zero attached hydrogens (tertiary/aromatic N) is 1. The minimum Gasteiger partial charge on any atom is -0.445 e. The maximum absolute atomic E-state index is 12.7. The second kappa shape index (κ2) is 7.59. The summed E-state index contributed by atoms with van der Waals surface area (Å²) in [7, 11) is 0. The van der Waals surface area contributed by atoms with Gasteiger partial charge in [-0.25, -0.2) is 4.79 Å². The first-order valence-corrected chi connectivity index (χ1v) is 10.4. The van der Waals surface area contributed by atoms with E-state index in [9.17, 15) is 9.90 Å². The Labute approximate surface area is 156 Å². The van der Waals surface area contributed by atoms with Crippen molar-refractivity contribution >= 4 is 6.09 Å². The number of aliphatic hydroxyl groups is 1. The highest BCUT2D eigenvalue weighted by Crippen LogP contribution is 2.47. The Balaban J connectivity index is 1.39. The summed E-state index contributed by atoms with van der Waals surface area (Å²) in [5.41, 5.74) is 0.437. The number of benzene rings is 1. The topological polar surface area (TPSA) is 49.8 Å². The zero-order valence-corrected chi connectivity index (χ0v) is 15.6. The van der Waals surface area contributed by atoms with Gasteiger partial charge in [0.2, 0.25) is 0 Å². The average molecular weight is 357 g/mol. The highest BCUT2D eigenvalue weighted by molar-refractivity contribution is 5.69. The predicted molar refractivity (Wildman–Crippen MR) is 101 cm³/mol. The van der Waals surface area contributed by atoms with Crippen LogP contribution in [0.4, 0.5) is 4.79 Å². The smallest absolute Gasteiger partial charge is 0.410 e. The molecule has 4 heteroatoms. The second-order valence-electron chi connectivity index (χ2n) is 8.53. The Morgan fingerprint density at radius 1 is 1.00 bits per heavy atom. The molecule has 0 spiro atoms. The molecule has 2 saturated heterocycles. The van der Waals surface area contributed by atoms with Crippen LogP contribution in [-0.4, -0.2) is 33.8 Å². The molecule has 2 aliphatic heterocycles. The molecule has 2 unspecified atom stereocenters. The molecule has 1 aromatic carbocycles. The van der Waals surface area contributed by atoms with Gasteiger partial charge in [0.05, 0.1) is 5.60 Å². The molecule has 1 saturated carbocycles. The van der Waals surface area contributed by atoms with E-state index in [0.29, 0.717) is 12.5 Å². The van der Waals surface area contributed by atoms with Gasteiger partial charge in [-0.05, 0) is 50.0 Å². The fourth-order valence-corrected chi connectivity index (χ4v) is 5.50. The van der Waals surface area contributed by atoms with Crippen LogP contribution in [0, 0.1) is 5.92 Å². The third-order valence-corrected chi connectivity index (χ3v) is 6.83. The van der Waals surface area contributed by atoms with Crippen molar-refractivity contribution in [3.05, 3.63) is 35.9 Å². The van der Waals surface area contributed by atoms with E-state index in [4.69, 9.17) is 4.74 Å². The van der Waals surface area contributed by atoms with Gasteiger partial charge in [-0.15, -0.1) is 0 Å². The van der Waals surface area contributed by atoms with E-state index in [1.54, 1.807) is 0 Å². The molecule has 0 aromatic heterocycles. The van der Waals surface area contributed by atoms with Crippen molar-refractivity contribution in [1.29, 1.82) is 0 Å². The lowest BCUT2D eigenvalue weighted by Crippen LogP contribution is -2.56. The summed E-state index contributed by atoms with van der Waals surface area (Å²) in [5, 5.41) is 11.4. The summed E-state index contributed by atoms with van der Waals surface area (Å²) in [4.78, 5) is 14.6. The van der Waals surface area contributed by atoms with Gasteiger partial charge in [-0.2, -0.15) is 0 Å². The third-order valence-electron chi connectivity index (χ3n) is 6.83. The van der Waals surface area contributed by atoms with E-state index in [1.807, 2.05) is 35.2 Å². The Bertz CT molecular complexity index is 595. The Morgan fingerprint density at radius 3 is 2.23 bits per heavy atom. The Kier molecular flexibility index (Phi) is 5.21. The van der Waals surface area contributed by atoms with Gasteiger partial charge in [0, 0.05) is 12.1 Å². The maximum atomic E-state index is 12.7. The number of hydrogen-bond acceptors (Lipinski definition) is 3. The number of piperidine rings is 1. The zero-order chi connectivity index (χ0) is 18.0. The summed E-state index contributed by atoms with van der Waals surface area (Å²) in [6.45, 7) is 0.322. The lowest BCUT2D eigenvalue weighted by atomic mass is 9.73. The van der Waals surface area contributed by atoms with E-state index in [0.717, 1.165) is 44.1 Å². The Hall–Kier alpha value is -1.55. The number of rotatable bonds is 3. The standard InChI is InChI=1S/C22H31NO3/c24-21(26-16-17-8-4-3-5-9-17)23-19-12-13-20(23)15-22(25,14-19)18-10-6-1-2-7-11-18/h3-5,8-9,18-20,25H,1-2,6-7,10-16H2. The van der Waals surface area contributed by atoms with Crippen molar-refractivity contribution in [2.45, 2.75) is 88.5 Å². The minimum absolute atomic E-state index is 0.144. The van der Waals surface area contributed by atoms with Crippen molar-refractivity contribution in [3.63, 3.8) is 0 Å². The fraction of sp³-hybridized carbons (Fsp3) is 0.682. The number of fused-ring (bicyclic) bond motifs is 2. The molecule has 3 aliphatic rings. The van der Waals surface area contributed by atoms with Crippen molar-refractivity contribution < 1.29 is 14.6 Å². The van der Waals surface area contributed by atoms with Gasteiger partial charge in [-0.3, -0.25) is 0 Å². The summed E-state index contributed by atoms with van der Waals surface area (Å²) in [5.74, 6) is 0.413. The molecule has 2 heterocycles. The number of hydrogen-bond donors (Lipinski definition) is 1. The summed E-state index contributed by atoms with van der Waals surface area (Å²) in [6.07, 6.45) is 10.6. The molecule has 1 aromatic rings. The van der Waals surface area contributed by atoms with Crippen LogP contribution in [0.1, 0.15) is 69.8 Å². The molecule has 2 bridgehead atoms. The van der Waals surface area contributed by atoms with Crippen LogP contribution in [0.2, 0.25) is 0 Å². The lowest BCUT2D eigenvalue weighted by Gasteiger charge is -2.46. The van der Waals surface area contributed by atoms with Crippen LogP contribution in [0.3, 0.4) is 0 Å². The first-order valence-electron chi connectivity index (χ1n) is 10.4. The quantitative estimate of drug-likeness (QED) is 0.801. The monoisotopic (exact) mass is 357 g/mol. The number of carbonyl (C=O) groups excluding carboxylic acids is 1. The third kappa shape index (κ3) is 3.62. The van der Waals surface area contributed by atoms with Crippen LogP contribution >= 0.6 is 0 Å². The second-order valence-corrected chi connectivity index (χ2v) is 8.53. The molecule has 2 atom stereocenters. The van der Waals surface area contributed by atoms with Crippen LogP contribution in [0.15, 0.2) is 30.3 Å². The van der Waals surface area contributed by atoms with Crippen molar-refractivity contribution in [2.75, 3.05) is 0 Å². The minimum atomic E-state index is -0.577. The normalized spacial score (nSPS) is 32.3. The first kappa shape index (κ1) is 17.8. The molecule has 142 valence electrons. The molecule has 0 radical (unpaired) electrons. The van der Waals surface area contributed by atoms with Crippen LogP contribution < -0.4 is 0 Å². The van der Waals surface area contributed by atoms with Crippen molar-refractivity contribution in [1.82, 2.24) is 4.90 Å². The molecule has 1 amide bonds. The van der Waals surface area contributed by atoms with Crippen molar-refractivity contribution in [3.8, 4) is 0 Å². The SMILES string of the molecule is O=C(OCc1ccccc1)N1C2CCC1CC(O)(C1CCCCCC1)C2. The fourth-order valence-electron chi connectivity index (χ4n) is 5.50. The molecule has 26 heavy (non-hydrogen) atoms. The van der Waals surface area contributed by atoms with Gasteiger partial charge < -0.3 is 14.7 Å². The van der Waals surface area contributed by atoms with Gasteiger partial charge in [0.15, 0.2) is 0 Å². The van der Waals surface area contributed by atoms with Crippen LogP contribution in [-0.2, 0) is 11.3 Å². The van der Waals surface area contributed by atoms with E-state index < -0.39 is 5.60 Å². The van der Waals surface area contributed by atoms with Gasteiger partial charge in [-0.1, -0.05) is 56.0 Å². The van der Waals surface area contributed by atoms with Crippen molar-refractivity contribution in [2.24, 2.45) is 5.92 Å². The van der Waals surface area contributed by atoms with Gasteiger partial charge >= 0.3 is 6.09 Å². The molecule has 4 nitrogen and oxygen atoms in total. The van der Waals surface area contributed by atoms with Gasteiger partial charge in [0.1, 0.15) is 6.61 Å². The molecule has 1 aliphatic carbocycles. The van der Waals surface area contributed by atoms with Crippen LogP contribution in [0.25, 0.3) is 0 Å². The van der Waals surface area contributed by atoms with E-state index in [1.165, 1.54) is 25.7 Å². The zero-order valence-electron chi connectivity index (χ0n) is 15.6. The Morgan fingerprint density at radius 2 is 1.62 bits per heavy atom. The molecular weight excluding hydrogens is 326 g/mol. The number of amides is 1.